The molecule has 0 fully saturated rings. The first kappa shape index (κ1) is 10.6. The van der Waals surface area contributed by atoms with Gasteiger partial charge in [0.05, 0.1) is 0 Å². The van der Waals surface area contributed by atoms with E-state index in [9.17, 15) is 4.79 Å². The molecule has 0 radical (unpaired) electrons. The Morgan fingerprint density at radius 1 is 1.56 bits per heavy atom. The van der Waals surface area contributed by atoms with E-state index in [0.717, 1.165) is 0 Å². The molecular formula is C11H12N2O3. The van der Waals surface area contributed by atoms with E-state index in [4.69, 9.17) is 9.63 Å². The van der Waals surface area contributed by atoms with Crippen molar-refractivity contribution in [3.63, 3.8) is 0 Å². The molecule has 0 spiro atoms. The third kappa shape index (κ3) is 1.64. The van der Waals surface area contributed by atoms with Gasteiger partial charge >= 0.3 is 5.97 Å². The first-order valence-corrected chi connectivity index (χ1v) is 5.00. The molecule has 2 atom stereocenters. The lowest BCUT2D eigenvalue weighted by atomic mass is 9.94. The predicted molar refractivity (Wildman–Crippen MR) is 57.7 cm³/mol. The van der Waals surface area contributed by atoms with Crippen molar-refractivity contribution in [2.75, 3.05) is 0 Å². The molecule has 1 aromatic rings. The largest absolute Gasteiger partial charge is 0.477 e. The van der Waals surface area contributed by atoms with Gasteiger partial charge in [-0.15, -0.1) is 0 Å². The van der Waals surface area contributed by atoms with Gasteiger partial charge in [0.1, 0.15) is 23.1 Å². The van der Waals surface area contributed by atoms with Crippen LogP contribution in [0.1, 0.15) is 34.8 Å². The molecule has 0 bridgehead atoms. The average molecular weight is 220 g/mol. The summed E-state index contributed by atoms with van der Waals surface area (Å²) in [4.78, 5) is 15.3. The third-order valence-electron chi connectivity index (χ3n) is 2.63. The van der Waals surface area contributed by atoms with Gasteiger partial charge in [-0.05, 0) is 13.0 Å². The van der Waals surface area contributed by atoms with Crippen LogP contribution in [-0.2, 0) is 0 Å². The van der Waals surface area contributed by atoms with Gasteiger partial charge in [-0.2, -0.15) is 0 Å². The predicted octanol–water partition coefficient (Wildman–Crippen LogP) is 2.00. The second-order valence-electron chi connectivity index (χ2n) is 3.79. The number of aliphatic imine (C=N–C) groups is 1. The second-order valence-corrected chi connectivity index (χ2v) is 3.79. The maximum Gasteiger partial charge on any atom is 0.341 e. The number of dihydropyridines is 1. The molecule has 5 nitrogen and oxygen atoms in total. The highest BCUT2D eigenvalue weighted by Crippen LogP contribution is 2.31. The number of aromatic carboxylic acids is 1. The van der Waals surface area contributed by atoms with E-state index in [-0.39, 0.29) is 17.5 Å². The lowest BCUT2D eigenvalue weighted by Crippen LogP contribution is -2.13. The van der Waals surface area contributed by atoms with E-state index in [1.807, 2.05) is 19.1 Å². The summed E-state index contributed by atoms with van der Waals surface area (Å²) < 4.78 is 4.93. The highest BCUT2D eigenvalue weighted by atomic mass is 16.5. The quantitative estimate of drug-likeness (QED) is 0.827. The Morgan fingerprint density at radius 3 is 2.94 bits per heavy atom. The van der Waals surface area contributed by atoms with Crippen LogP contribution in [0.25, 0.3) is 0 Å². The van der Waals surface area contributed by atoms with Crippen LogP contribution in [0.2, 0.25) is 0 Å². The van der Waals surface area contributed by atoms with Gasteiger partial charge < -0.3 is 9.63 Å². The first-order chi connectivity index (χ1) is 7.61. The number of allylic oxidation sites excluding steroid dienone is 1. The van der Waals surface area contributed by atoms with Crippen LogP contribution in [0.3, 0.4) is 0 Å². The van der Waals surface area contributed by atoms with Crippen LogP contribution < -0.4 is 0 Å². The van der Waals surface area contributed by atoms with E-state index < -0.39 is 5.97 Å². The minimum Gasteiger partial charge on any atom is -0.477 e. The summed E-state index contributed by atoms with van der Waals surface area (Å²) in [6.45, 7) is 3.56. The molecule has 0 saturated carbocycles. The van der Waals surface area contributed by atoms with Crippen molar-refractivity contribution in [1.82, 2.24) is 5.16 Å². The number of rotatable bonds is 2. The van der Waals surface area contributed by atoms with E-state index in [1.165, 1.54) is 0 Å². The molecular weight excluding hydrogens is 208 g/mol. The summed E-state index contributed by atoms with van der Waals surface area (Å²) in [5, 5.41) is 12.9. The summed E-state index contributed by atoms with van der Waals surface area (Å²) in [6, 6.07) is -0.270. The summed E-state index contributed by atoms with van der Waals surface area (Å²) in [5.41, 5.74) is 0.530. The highest BCUT2D eigenvalue weighted by Gasteiger charge is 2.29. The standard InChI is InChI=1S/C11H12N2O3/c1-6-4-3-5-12-9(6)10-8(11(14)15)7(2)16-13-10/h3-6,9H,1-2H3,(H,14,15). The van der Waals surface area contributed by atoms with Gasteiger partial charge in [0.15, 0.2) is 0 Å². The number of nitrogens with zero attached hydrogens (tertiary/aromatic N) is 2. The molecule has 0 aromatic carbocycles. The Labute approximate surface area is 92.5 Å². The molecule has 1 N–H and O–H groups in total. The fourth-order valence-corrected chi connectivity index (χ4v) is 1.78. The zero-order valence-electron chi connectivity index (χ0n) is 9.04. The summed E-state index contributed by atoms with van der Waals surface area (Å²) in [6.07, 6.45) is 5.46. The van der Waals surface area contributed by atoms with E-state index in [2.05, 4.69) is 10.1 Å². The lowest BCUT2D eigenvalue weighted by molar-refractivity contribution is 0.0693. The zero-order chi connectivity index (χ0) is 11.7. The minimum absolute atomic E-state index is 0.118. The maximum atomic E-state index is 11.1. The third-order valence-corrected chi connectivity index (χ3v) is 2.63. The Morgan fingerprint density at radius 2 is 2.31 bits per heavy atom. The number of carbonyl (C=O) groups is 1. The van der Waals surface area contributed by atoms with Crippen molar-refractivity contribution in [2.45, 2.75) is 19.9 Å². The molecule has 5 heteroatoms. The van der Waals surface area contributed by atoms with Crippen molar-refractivity contribution in [2.24, 2.45) is 10.9 Å². The fraction of sp³-hybridized carbons (Fsp3) is 0.364. The Kier molecular flexibility index (Phi) is 2.60. The minimum atomic E-state index is -1.02. The van der Waals surface area contributed by atoms with Crippen molar-refractivity contribution in [1.29, 1.82) is 0 Å². The fourth-order valence-electron chi connectivity index (χ4n) is 1.78. The molecule has 2 rings (SSSR count). The summed E-state index contributed by atoms with van der Waals surface area (Å²) in [5.74, 6) is -0.585. The van der Waals surface area contributed by atoms with Crippen LogP contribution >= 0.6 is 0 Å². The van der Waals surface area contributed by atoms with E-state index >= 15 is 0 Å². The summed E-state index contributed by atoms with van der Waals surface area (Å²) in [7, 11) is 0. The van der Waals surface area contributed by atoms with Crippen LogP contribution in [0.15, 0.2) is 21.7 Å². The second kappa shape index (κ2) is 3.92. The number of hydrogen-bond donors (Lipinski definition) is 1. The smallest absolute Gasteiger partial charge is 0.341 e. The van der Waals surface area contributed by atoms with Crippen LogP contribution in [0.4, 0.5) is 0 Å². The SMILES string of the molecule is Cc1onc(C2N=CC=CC2C)c1C(=O)O. The van der Waals surface area contributed by atoms with Crippen LogP contribution in [0.5, 0.6) is 0 Å². The van der Waals surface area contributed by atoms with Crippen molar-refractivity contribution < 1.29 is 14.4 Å². The molecule has 0 aliphatic carbocycles. The number of aromatic nitrogens is 1. The van der Waals surface area contributed by atoms with E-state index in [0.29, 0.717) is 11.5 Å². The first-order valence-electron chi connectivity index (χ1n) is 5.00. The van der Waals surface area contributed by atoms with Crippen molar-refractivity contribution >= 4 is 12.2 Å². The van der Waals surface area contributed by atoms with Gasteiger partial charge in [0.2, 0.25) is 0 Å². The number of carboxylic acids is 1. The van der Waals surface area contributed by atoms with E-state index in [1.54, 1.807) is 13.1 Å². The summed E-state index contributed by atoms with van der Waals surface area (Å²) >= 11 is 0. The number of aryl methyl sites for hydroxylation is 1. The Bertz CT molecular complexity index is 474. The highest BCUT2D eigenvalue weighted by molar-refractivity contribution is 5.90. The van der Waals surface area contributed by atoms with Gasteiger partial charge in [-0.3, -0.25) is 4.99 Å². The average Bonchev–Trinajstić information content (AvgIpc) is 2.61. The molecule has 2 heterocycles. The Balaban J connectivity index is 2.44. The number of carboxylic acid groups (broad SMARTS) is 1. The zero-order valence-corrected chi connectivity index (χ0v) is 9.04. The monoisotopic (exact) mass is 220 g/mol. The molecule has 0 amide bonds. The molecule has 1 aliphatic rings. The van der Waals surface area contributed by atoms with Crippen LogP contribution in [0, 0.1) is 12.8 Å². The molecule has 0 saturated heterocycles. The molecule has 1 aliphatic heterocycles. The Hall–Kier alpha value is -1.91. The van der Waals surface area contributed by atoms with Gasteiger partial charge in [0.25, 0.3) is 0 Å². The molecule has 84 valence electrons. The number of hydrogen-bond acceptors (Lipinski definition) is 4. The van der Waals surface area contributed by atoms with Crippen LogP contribution in [-0.4, -0.2) is 22.4 Å². The molecule has 16 heavy (non-hydrogen) atoms. The normalized spacial score (nSPS) is 23.6. The van der Waals surface area contributed by atoms with Crippen molar-refractivity contribution in [3.05, 3.63) is 29.2 Å². The topological polar surface area (TPSA) is 75.7 Å². The van der Waals surface area contributed by atoms with Gasteiger partial charge in [0, 0.05) is 12.1 Å². The van der Waals surface area contributed by atoms with Gasteiger partial charge in [-0.25, -0.2) is 4.79 Å². The van der Waals surface area contributed by atoms with Gasteiger partial charge in [-0.1, -0.05) is 18.2 Å². The molecule has 2 unspecified atom stereocenters. The molecule has 1 aromatic heterocycles. The van der Waals surface area contributed by atoms with Crippen molar-refractivity contribution in [3.8, 4) is 0 Å². The lowest BCUT2D eigenvalue weighted by Gasteiger charge is -2.17. The maximum absolute atomic E-state index is 11.1.